The van der Waals surface area contributed by atoms with Gasteiger partial charge in [-0.2, -0.15) is 0 Å². The Hall–Kier alpha value is -4.26. The molecular weight excluding hydrogens is 418 g/mol. The Kier molecular flexibility index (Phi) is 6.31. The third kappa shape index (κ3) is 4.82. The Morgan fingerprint density at radius 1 is 0.758 bits per heavy atom. The van der Waals surface area contributed by atoms with Crippen molar-refractivity contribution in [3.63, 3.8) is 0 Å². The molecule has 0 aliphatic carbocycles. The van der Waals surface area contributed by atoms with Crippen LogP contribution in [0.3, 0.4) is 0 Å². The van der Waals surface area contributed by atoms with Gasteiger partial charge in [0.2, 0.25) is 5.91 Å². The summed E-state index contributed by atoms with van der Waals surface area (Å²) in [5, 5.41) is 2.79. The Morgan fingerprint density at radius 2 is 1.30 bits per heavy atom. The SMILES string of the molecule is CC(NC(=O)CN1C(=O)C(=O)N(Cc2ccccc2)C1=O)c1ccc(-c2ccccc2)cc1. The summed E-state index contributed by atoms with van der Waals surface area (Å²) in [7, 11) is 0. The van der Waals surface area contributed by atoms with E-state index in [2.05, 4.69) is 5.32 Å². The molecule has 1 unspecified atom stereocenters. The molecule has 0 bridgehead atoms. The molecule has 0 aromatic heterocycles. The van der Waals surface area contributed by atoms with E-state index in [0.717, 1.165) is 21.6 Å². The minimum atomic E-state index is -0.994. The normalized spacial score (nSPS) is 14.5. The van der Waals surface area contributed by atoms with Gasteiger partial charge in [0.1, 0.15) is 6.54 Å². The van der Waals surface area contributed by atoms with E-state index in [0.29, 0.717) is 10.5 Å². The van der Waals surface area contributed by atoms with Crippen LogP contribution in [0, 0.1) is 0 Å². The second-order valence-corrected chi connectivity index (χ2v) is 7.83. The number of hydrogen-bond donors (Lipinski definition) is 1. The summed E-state index contributed by atoms with van der Waals surface area (Å²) >= 11 is 0. The van der Waals surface area contributed by atoms with Gasteiger partial charge in [-0.1, -0.05) is 84.9 Å². The van der Waals surface area contributed by atoms with Gasteiger partial charge in [0.25, 0.3) is 0 Å². The maximum absolute atomic E-state index is 12.6. The number of rotatable bonds is 7. The summed E-state index contributed by atoms with van der Waals surface area (Å²) in [6.45, 7) is 1.28. The topological polar surface area (TPSA) is 86.8 Å². The fourth-order valence-electron chi connectivity index (χ4n) is 3.70. The lowest BCUT2D eigenvalue weighted by Gasteiger charge is -2.18. The van der Waals surface area contributed by atoms with Crippen LogP contribution in [0.15, 0.2) is 84.9 Å². The van der Waals surface area contributed by atoms with E-state index in [1.807, 2.05) is 67.6 Å². The average Bonchev–Trinajstić information content (AvgIpc) is 3.03. The zero-order chi connectivity index (χ0) is 23.4. The Labute approximate surface area is 191 Å². The van der Waals surface area contributed by atoms with E-state index in [4.69, 9.17) is 0 Å². The molecule has 7 nitrogen and oxygen atoms in total. The van der Waals surface area contributed by atoms with Crippen LogP contribution in [-0.2, 0) is 20.9 Å². The van der Waals surface area contributed by atoms with E-state index in [1.165, 1.54) is 0 Å². The van der Waals surface area contributed by atoms with Crippen LogP contribution in [0.4, 0.5) is 4.79 Å². The Bertz CT molecular complexity index is 1180. The summed E-state index contributed by atoms with van der Waals surface area (Å²) in [6.07, 6.45) is 0. The van der Waals surface area contributed by atoms with Crippen molar-refractivity contribution in [2.45, 2.75) is 19.5 Å². The summed E-state index contributed by atoms with van der Waals surface area (Å²) in [4.78, 5) is 51.3. The molecule has 1 heterocycles. The first kappa shape index (κ1) is 22.0. The monoisotopic (exact) mass is 441 g/mol. The van der Waals surface area contributed by atoms with Crippen LogP contribution in [0.5, 0.6) is 0 Å². The van der Waals surface area contributed by atoms with Crippen molar-refractivity contribution >= 4 is 23.8 Å². The molecule has 33 heavy (non-hydrogen) atoms. The van der Waals surface area contributed by atoms with Crippen molar-refractivity contribution in [2.24, 2.45) is 0 Å². The molecule has 0 radical (unpaired) electrons. The first-order chi connectivity index (χ1) is 15.9. The molecule has 0 saturated carbocycles. The molecule has 7 heteroatoms. The molecule has 1 atom stereocenters. The van der Waals surface area contributed by atoms with Crippen molar-refractivity contribution in [1.29, 1.82) is 0 Å². The smallest absolute Gasteiger partial charge is 0.335 e. The van der Waals surface area contributed by atoms with E-state index in [-0.39, 0.29) is 12.6 Å². The Morgan fingerprint density at radius 3 is 1.94 bits per heavy atom. The number of nitrogens with zero attached hydrogens (tertiary/aromatic N) is 2. The van der Waals surface area contributed by atoms with Gasteiger partial charge >= 0.3 is 17.8 Å². The highest BCUT2D eigenvalue weighted by molar-refractivity contribution is 6.44. The molecule has 1 aliphatic heterocycles. The number of carbonyl (C=O) groups is 4. The van der Waals surface area contributed by atoms with Gasteiger partial charge in [0.05, 0.1) is 12.6 Å². The van der Waals surface area contributed by atoms with E-state index in [1.54, 1.807) is 24.3 Å². The molecule has 1 N–H and O–H groups in total. The predicted molar refractivity (Wildman–Crippen MR) is 123 cm³/mol. The molecule has 1 fully saturated rings. The van der Waals surface area contributed by atoms with Crippen LogP contribution in [0.2, 0.25) is 0 Å². The van der Waals surface area contributed by atoms with Gasteiger partial charge in [0, 0.05) is 0 Å². The van der Waals surface area contributed by atoms with Gasteiger partial charge in [-0.3, -0.25) is 19.3 Å². The molecule has 5 amide bonds. The zero-order valence-electron chi connectivity index (χ0n) is 18.1. The second kappa shape index (κ2) is 9.48. The van der Waals surface area contributed by atoms with Crippen molar-refractivity contribution < 1.29 is 19.2 Å². The number of amides is 5. The number of benzene rings is 3. The number of hydrogen-bond acceptors (Lipinski definition) is 4. The summed E-state index contributed by atoms with van der Waals surface area (Å²) in [5.74, 6) is -2.45. The van der Waals surface area contributed by atoms with Crippen molar-refractivity contribution in [3.8, 4) is 11.1 Å². The maximum atomic E-state index is 12.6. The van der Waals surface area contributed by atoms with Gasteiger partial charge in [-0.15, -0.1) is 0 Å². The molecule has 0 spiro atoms. The van der Waals surface area contributed by atoms with Crippen LogP contribution in [-0.4, -0.2) is 40.1 Å². The number of urea groups is 1. The molecule has 3 aromatic carbocycles. The number of carbonyl (C=O) groups excluding carboxylic acids is 4. The molecule has 1 aliphatic rings. The highest BCUT2D eigenvalue weighted by Gasteiger charge is 2.45. The van der Waals surface area contributed by atoms with Gasteiger partial charge in [-0.25, -0.2) is 9.69 Å². The lowest BCUT2D eigenvalue weighted by molar-refractivity contribution is -0.144. The summed E-state index contributed by atoms with van der Waals surface area (Å²) < 4.78 is 0. The third-order valence-corrected chi connectivity index (χ3v) is 5.52. The van der Waals surface area contributed by atoms with E-state index < -0.39 is 30.3 Å². The number of nitrogens with one attached hydrogen (secondary N) is 1. The fraction of sp³-hybridized carbons (Fsp3) is 0.154. The third-order valence-electron chi connectivity index (χ3n) is 5.52. The first-order valence-electron chi connectivity index (χ1n) is 10.6. The fourth-order valence-corrected chi connectivity index (χ4v) is 3.70. The summed E-state index contributed by atoms with van der Waals surface area (Å²) in [6, 6.07) is 25.5. The summed E-state index contributed by atoms with van der Waals surface area (Å²) in [5.41, 5.74) is 3.74. The Balaban J connectivity index is 1.37. The minimum Gasteiger partial charge on any atom is -0.348 e. The standard InChI is InChI=1S/C26H23N3O4/c1-18(20-12-14-22(15-13-20)21-10-6-3-7-11-21)27-23(30)17-29-25(32)24(31)28(26(29)33)16-19-8-4-2-5-9-19/h2-15,18H,16-17H2,1H3,(H,27,30). The second-order valence-electron chi connectivity index (χ2n) is 7.83. The lowest BCUT2D eigenvalue weighted by Crippen LogP contribution is -2.42. The average molecular weight is 441 g/mol. The molecular formula is C26H23N3O4. The molecule has 166 valence electrons. The predicted octanol–water partition coefficient (Wildman–Crippen LogP) is 3.52. The zero-order valence-corrected chi connectivity index (χ0v) is 18.1. The lowest BCUT2D eigenvalue weighted by atomic mass is 10.0. The van der Waals surface area contributed by atoms with Crippen molar-refractivity contribution in [2.75, 3.05) is 6.54 Å². The van der Waals surface area contributed by atoms with Crippen molar-refractivity contribution in [1.82, 2.24) is 15.1 Å². The first-order valence-corrected chi connectivity index (χ1v) is 10.6. The highest BCUT2D eigenvalue weighted by atomic mass is 16.2. The van der Waals surface area contributed by atoms with Gasteiger partial charge in [-0.05, 0) is 29.2 Å². The molecule has 3 aromatic rings. The van der Waals surface area contributed by atoms with Crippen LogP contribution >= 0.6 is 0 Å². The quantitative estimate of drug-likeness (QED) is 0.449. The van der Waals surface area contributed by atoms with Crippen molar-refractivity contribution in [3.05, 3.63) is 96.1 Å². The highest BCUT2D eigenvalue weighted by Crippen LogP contribution is 2.22. The minimum absolute atomic E-state index is 0.0213. The van der Waals surface area contributed by atoms with Crippen LogP contribution < -0.4 is 5.32 Å². The maximum Gasteiger partial charge on any atom is 0.335 e. The van der Waals surface area contributed by atoms with Crippen LogP contribution in [0.1, 0.15) is 24.1 Å². The number of imide groups is 2. The van der Waals surface area contributed by atoms with E-state index in [9.17, 15) is 19.2 Å². The van der Waals surface area contributed by atoms with E-state index >= 15 is 0 Å². The molecule has 4 rings (SSSR count). The van der Waals surface area contributed by atoms with Gasteiger partial charge < -0.3 is 5.32 Å². The largest absolute Gasteiger partial charge is 0.348 e. The molecule has 1 saturated heterocycles. The van der Waals surface area contributed by atoms with Crippen LogP contribution in [0.25, 0.3) is 11.1 Å². The van der Waals surface area contributed by atoms with Gasteiger partial charge in [0.15, 0.2) is 0 Å².